The van der Waals surface area contributed by atoms with E-state index in [2.05, 4.69) is 10.6 Å². The molecule has 0 atom stereocenters. The molecule has 9 nitrogen and oxygen atoms in total. The topological polar surface area (TPSA) is 114 Å². The molecule has 1 heterocycles. The zero-order chi connectivity index (χ0) is 21.9. The third-order valence-electron chi connectivity index (χ3n) is 4.69. The van der Waals surface area contributed by atoms with Crippen LogP contribution in [-0.4, -0.2) is 61.1 Å². The Balaban J connectivity index is 1.87. The lowest BCUT2D eigenvalue weighted by molar-refractivity contribution is -0.136. The fraction of sp³-hybridized carbons (Fsp3) is 0.524. The molecule has 0 saturated carbocycles. The van der Waals surface area contributed by atoms with E-state index in [9.17, 15) is 19.2 Å². The summed E-state index contributed by atoms with van der Waals surface area (Å²) in [5.41, 5.74) is 0.411. The number of likely N-dealkylation sites (tertiary alicyclic amines) is 1. The second kappa shape index (κ2) is 11.8. The first-order valence-electron chi connectivity index (χ1n) is 10.3. The number of carbonyl (C=O) groups is 4. The Morgan fingerprint density at radius 2 is 1.73 bits per heavy atom. The van der Waals surface area contributed by atoms with E-state index in [0.717, 1.165) is 12.8 Å². The highest BCUT2D eigenvalue weighted by molar-refractivity contribution is 6.40. The SMILES string of the molecule is CCCCOC(=O)c1ccccc1NC(=O)C(=O)NC1CCN(C(=O)OCC)CC1. The molecule has 30 heavy (non-hydrogen) atoms. The number of unbranched alkanes of at least 4 members (excludes halogenated alkanes) is 1. The lowest BCUT2D eigenvalue weighted by Crippen LogP contribution is -2.49. The van der Waals surface area contributed by atoms with Gasteiger partial charge in [0.05, 0.1) is 24.5 Å². The van der Waals surface area contributed by atoms with Gasteiger partial charge in [0.2, 0.25) is 0 Å². The lowest BCUT2D eigenvalue weighted by atomic mass is 10.1. The number of hydrogen-bond acceptors (Lipinski definition) is 6. The van der Waals surface area contributed by atoms with Crippen molar-refractivity contribution in [3.05, 3.63) is 29.8 Å². The van der Waals surface area contributed by atoms with Gasteiger partial charge in [0.15, 0.2) is 0 Å². The maximum Gasteiger partial charge on any atom is 0.409 e. The number of benzene rings is 1. The molecule has 1 aromatic rings. The minimum Gasteiger partial charge on any atom is -0.462 e. The van der Waals surface area contributed by atoms with E-state index in [1.807, 2.05) is 6.92 Å². The molecular weight excluding hydrogens is 390 g/mol. The standard InChI is InChI=1S/C21H29N3O6/c1-3-5-14-30-20(27)16-8-6-7-9-17(16)23-19(26)18(25)22-15-10-12-24(13-11-15)21(28)29-4-2/h6-9,15H,3-5,10-14H2,1-2H3,(H,22,25)(H,23,26). The first-order chi connectivity index (χ1) is 14.5. The Hall–Kier alpha value is -3.10. The molecule has 164 valence electrons. The summed E-state index contributed by atoms with van der Waals surface area (Å²) in [6.07, 6.45) is 2.32. The van der Waals surface area contributed by atoms with Gasteiger partial charge in [0, 0.05) is 19.1 Å². The van der Waals surface area contributed by atoms with Gasteiger partial charge >= 0.3 is 23.9 Å². The van der Waals surface area contributed by atoms with Gasteiger partial charge in [-0.3, -0.25) is 9.59 Å². The molecule has 2 N–H and O–H groups in total. The number of nitrogens with zero attached hydrogens (tertiary/aromatic N) is 1. The Bertz CT molecular complexity index is 759. The molecule has 0 spiro atoms. The summed E-state index contributed by atoms with van der Waals surface area (Å²) in [6, 6.07) is 6.17. The number of anilines is 1. The molecule has 1 aliphatic heterocycles. The normalized spacial score (nSPS) is 14.0. The summed E-state index contributed by atoms with van der Waals surface area (Å²) in [5, 5.41) is 5.15. The van der Waals surface area contributed by atoms with Gasteiger partial charge in [-0.2, -0.15) is 0 Å². The van der Waals surface area contributed by atoms with Crippen LogP contribution in [0.15, 0.2) is 24.3 Å². The summed E-state index contributed by atoms with van der Waals surface area (Å²) in [4.78, 5) is 50.1. The van der Waals surface area contributed by atoms with Crippen molar-refractivity contribution in [1.82, 2.24) is 10.2 Å². The number of amides is 3. The van der Waals surface area contributed by atoms with Crippen molar-refractivity contribution in [1.29, 1.82) is 0 Å². The molecular formula is C21H29N3O6. The van der Waals surface area contributed by atoms with Crippen molar-refractivity contribution >= 4 is 29.6 Å². The average molecular weight is 419 g/mol. The summed E-state index contributed by atoms with van der Waals surface area (Å²) in [6.45, 7) is 5.22. The summed E-state index contributed by atoms with van der Waals surface area (Å²) < 4.78 is 10.1. The zero-order valence-electron chi connectivity index (χ0n) is 17.4. The fourth-order valence-electron chi connectivity index (χ4n) is 3.01. The van der Waals surface area contributed by atoms with Gasteiger partial charge in [0.1, 0.15) is 0 Å². The van der Waals surface area contributed by atoms with Gasteiger partial charge in [-0.05, 0) is 38.3 Å². The summed E-state index contributed by atoms with van der Waals surface area (Å²) in [5.74, 6) is -2.21. The molecule has 0 aliphatic carbocycles. The largest absolute Gasteiger partial charge is 0.462 e. The number of rotatable bonds is 7. The molecule has 1 saturated heterocycles. The molecule has 0 unspecified atom stereocenters. The van der Waals surface area contributed by atoms with Gasteiger partial charge in [-0.1, -0.05) is 25.5 Å². The number of hydrogen-bond donors (Lipinski definition) is 2. The summed E-state index contributed by atoms with van der Waals surface area (Å²) in [7, 11) is 0. The Morgan fingerprint density at radius 3 is 2.40 bits per heavy atom. The van der Waals surface area contributed by atoms with E-state index in [0.29, 0.717) is 39.1 Å². The second-order valence-electron chi connectivity index (χ2n) is 6.92. The molecule has 0 aromatic heterocycles. The second-order valence-corrected chi connectivity index (χ2v) is 6.92. The maximum absolute atomic E-state index is 12.3. The Morgan fingerprint density at radius 1 is 1.03 bits per heavy atom. The van der Waals surface area contributed by atoms with E-state index in [1.54, 1.807) is 30.0 Å². The number of piperidine rings is 1. The van der Waals surface area contributed by atoms with E-state index in [4.69, 9.17) is 9.47 Å². The van der Waals surface area contributed by atoms with Crippen molar-refractivity contribution in [3.8, 4) is 0 Å². The number of esters is 1. The predicted molar refractivity (Wildman–Crippen MR) is 110 cm³/mol. The zero-order valence-corrected chi connectivity index (χ0v) is 17.4. The number of nitrogens with one attached hydrogen (secondary N) is 2. The molecule has 3 amide bonds. The van der Waals surface area contributed by atoms with Crippen LogP contribution in [0.4, 0.5) is 10.5 Å². The average Bonchev–Trinajstić information content (AvgIpc) is 2.74. The smallest absolute Gasteiger partial charge is 0.409 e. The fourth-order valence-corrected chi connectivity index (χ4v) is 3.01. The number of carbonyl (C=O) groups excluding carboxylic acids is 4. The third-order valence-corrected chi connectivity index (χ3v) is 4.69. The van der Waals surface area contributed by atoms with E-state index < -0.39 is 17.8 Å². The van der Waals surface area contributed by atoms with Crippen molar-refractivity contribution in [2.24, 2.45) is 0 Å². The molecule has 1 fully saturated rings. The first kappa shape index (κ1) is 23.2. The highest BCUT2D eigenvalue weighted by Crippen LogP contribution is 2.17. The minimum atomic E-state index is -0.864. The minimum absolute atomic E-state index is 0.192. The van der Waals surface area contributed by atoms with Crippen LogP contribution in [0.3, 0.4) is 0 Å². The number of ether oxygens (including phenoxy) is 2. The van der Waals surface area contributed by atoms with Crippen LogP contribution < -0.4 is 10.6 Å². The quantitative estimate of drug-likeness (QED) is 0.398. The monoisotopic (exact) mass is 419 g/mol. The predicted octanol–water partition coefficient (Wildman–Crippen LogP) is 2.32. The highest BCUT2D eigenvalue weighted by atomic mass is 16.6. The molecule has 2 rings (SSSR count). The van der Waals surface area contributed by atoms with Gasteiger partial charge < -0.3 is 25.0 Å². The van der Waals surface area contributed by atoms with Crippen molar-refractivity contribution in [2.75, 3.05) is 31.6 Å². The van der Waals surface area contributed by atoms with Crippen LogP contribution in [0, 0.1) is 0 Å². The van der Waals surface area contributed by atoms with Crippen molar-refractivity contribution in [3.63, 3.8) is 0 Å². The van der Waals surface area contributed by atoms with Crippen LogP contribution in [0.1, 0.15) is 49.9 Å². The van der Waals surface area contributed by atoms with Crippen LogP contribution in [0.2, 0.25) is 0 Å². The van der Waals surface area contributed by atoms with Crippen LogP contribution in [-0.2, 0) is 19.1 Å². The van der Waals surface area contributed by atoms with Crippen LogP contribution in [0.5, 0.6) is 0 Å². The van der Waals surface area contributed by atoms with E-state index in [1.165, 1.54) is 6.07 Å². The van der Waals surface area contributed by atoms with Crippen molar-refractivity contribution in [2.45, 2.75) is 45.6 Å². The molecule has 9 heteroatoms. The maximum atomic E-state index is 12.3. The van der Waals surface area contributed by atoms with Crippen LogP contribution >= 0.6 is 0 Å². The Labute approximate surface area is 176 Å². The highest BCUT2D eigenvalue weighted by Gasteiger charge is 2.26. The molecule has 0 bridgehead atoms. The lowest BCUT2D eigenvalue weighted by Gasteiger charge is -2.31. The first-order valence-corrected chi connectivity index (χ1v) is 10.3. The molecule has 0 radical (unpaired) electrons. The van der Waals surface area contributed by atoms with Crippen LogP contribution in [0.25, 0.3) is 0 Å². The van der Waals surface area contributed by atoms with Gasteiger partial charge in [-0.25, -0.2) is 9.59 Å². The van der Waals surface area contributed by atoms with Gasteiger partial charge in [0.25, 0.3) is 0 Å². The number of para-hydroxylation sites is 1. The van der Waals surface area contributed by atoms with E-state index in [-0.39, 0.29) is 23.4 Å². The molecule has 1 aliphatic rings. The molecule has 1 aromatic carbocycles. The van der Waals surface area contributed by atoms with E-state index >= 15 is 0 Å². The van der Waals surface area contributed by atoms with Crippen molar-refractivity contribution < 1.29 is 28.7 Å². The summed E-state index contributed by atoms with van der Waals surface area (Å²) >= 11 is 0. The van der Waals surface area contributed by atoms with Gasteiger partial charge in [-0.15, -0.1) is 0 Å². The third kappa shape index (κ3) is 6.75. The Kier molecular flexibility index (Phi) is 9.11.